The summed E-state index contributed by atoms with van der Waals surface area (Å²) in [5, 5.41) is 3.43. The molecule has 3 rings (SSSR count). The largest absolute Gasteiger partial charge is 0.331 e. The molecule has 1 fully saturated rings. The van der Waals surface area contributed by atoms with Crippen molar-refractivity contribution in [3.05, 3.63) is 29.1 Å². The molecule has 0 spiro atoms. The van der Waals surface area contributed by atoms with Crippen molar-refractivity contribution >= 4 is 11.0 Å². The number of rotatable bonds is 2. The molecule has 102 valence electrons. The van der Waals surface area contributed by atoms with Crippen LogP contribution in [0.2, 0.25) is 0 Å². The van der Waals surface area contributed by atoms with Gasteiger partial charge in [0.1, 0.15) is 5.82 Å². The fourth-order valence-electron chi connectivity index (χ4n) is 3.33. The molecule has 0 bridgehead atoms. The van der Waals surface area contributed by atoms with Crippen molar-refractivity contribution in [2.75, 3.05) is 13.1 Å². The smallest absolute Gasteiger partial charge is 0.109 e. The highest BCUT2D eigenvalue weighted by Gasteiger charge is 2.17. The van der Waals surface area contributed by atoms with Gasteiger partial charge in [-0.05, 0) is 62.9 Å². The van der Waals surface area contributed by atoms with Crippen LogP contribution in [0.1, 0.15) is 29.8 Å². The average Bonchev–Trinajstić information content (AvgIpc) is 2.67. The Labute approximate surface area is 115 Å². The average molecular weight is 257 g/mol. The van der Waals surface area contributed by atoms with Crippen LogP contribution in [0.4, 0.5) is 0 Å². The van der Waals surface area contributed by atoms with Gasteiger partial charge in [-0.2, -0.15) is 0 Å². The number of aryl methyl sites for hydroxylation is 3. The number of nitrogens with one attached hydrogen (secondary N) is 1. The number of benzene rings is 1. The summed E-state index contributed by atoms with van der Waals surface area (Å²) in [5.74, 6) is 2.04. The summed E-state index contributed by atoms with van der Waals surface area (Å²) in [7, 11) is 2.16. The zero-order valence-corrected chi connectivity index (χ0v) is 12.2. The minimum absolute atomic E-state index is 0.790. The fraction of sp³-hybridized carbons (Fsp3) is 0.562. The molecule has 3 heteroatoms. The molecule has 0 radical (unpaired) electrons. The first-order valence-electron chi connectivity index (χ1n) is 7.28. The minimum Gasteiger partial charge on any atom is -0.331 e. The van der Waals surface area contributed by atoms with Gasteiger partial charge < -0.3 is 9.88 Å². The van der Waals surface area contributed by atoms with Crippen molar-refractivity contribution in [3.63, 3.8) is 0 Å². The van der Waals surface area contributed by atoms with E-state index in [9.17, 15) is 0 Å². The Balaban J connectivity index is 1.95. The SMILES string of the molecule is Cc1cc(C)c2c(c1)nc(CC1CCNCC1)n2C. The van der Waals surface area contributed by atoms with E-state index < -0.39 is 0 Å². The molecule has 3 nitrogen and oxygen atoms in total. The van der Waals surface area contributed by atoms with E-state index >= 15 is 0 Å². The summed E-state index contributed by atoms with van der Waals surface area (Å²) in [6.07, 6.45) is 3.67. The van der Waals surface area contributed by atoms with Crippen molar-refractivity contribution in [3.8, 4) is 0 Å². The van der Waals surface area contributed by atoms with Gasteiger partial charge in [-0.15, -0.1) is 0 Å². The summed E-state index contributed by atoms with van der Waals surface area (Å²) in [6.45, 7) is 6.65. The van der Waals surface area contributed by atoms with Gasteiger partial charge in [0.15, 0.2) is 0 Å². The molecule has 0 saturated carbocycles. The van der Waals surface area contributed by atoms with Crippen LogP contribution in [0.15, 0.2) is 12.1 Å². The van der Waals surface area contributed by atoms with Crippen LogP contribution in [0, 0.1) is 19.8 Å². The van der Waals surface area contributed by atoms with E-state index in [0.717, 1.165) is 30.9 Å². The molecule has 2 heterocycles. The number of aromatic nitrogens is 2. The van der Waals surface area contributed by atoms with Gasteiger partial charge in [0.2, 0.25) is 0 Å². The Morgan fingerprint density at radius 2 is 2.00 bits per heavy atom. The molecule has 0 atom stereocenters. The second-order valence-electron chi connectivity index (χ2n) is 5.93. The highest BCUT2D eigenvalue weighted by Crippen LogP contribution is 2.24. The quantitative estimate of drug-likeness (QED) is 0.896. The third-order valence-corrected chi connectivity index (χ3v) is 4.33. The summed E-state index contributed by atoms with van der Waals surface area (Å²) < 4.78 is 2.30. The van der Waals surface area contributed by atoms with Crippen LogP contribution < -0.4 is 5.32 Å². The lowest BCUT2D eigenvalue weighted by atomic mass is 9.94. The lowest BCUT2D eigenvalue weighted by Crippen LogP contribution is -2.29. The molecule has 2 aromatic rings. The van der Waals surface area contributed by atoms with E-state index in [1.165, 1.54) is 35.3 Å². The Kier molecular flexibility index (Phi) is 3.31. The van der Waals surface area contributed by atoms with Crippen molar-refractivity contribution in [1.82, 2.24) is 14.9 Å². The van der Waals surface area contributed by atoms with Gasteiger partial charge in [-0.25, -0.2) is 4.98 Å². The Hall–Kier alpha value is -1.35. The van der Waals surface area contributed by atoms with Crippen LogP contribution in [-0.2, 0) is 13.5 Å². The predicted octanol–water partition coefficient (Wildman–Crippen LogP) is 2.73. The molecule has 1 aromatic heterocycles. The molecule has 1 N–H and O–H groups in total. The summed E-state index contributed by atoms with van der Waals surface area (Å²) in [6, 6.07) is 4.45. The van der Waals surface area contributed by atoms with Crippen molar-refractivity contribution in [1.29, 1.82) is 0 Å². The van der Waals surface area contributed by atoms with Crippen molar-refractivity contribution < 1.29 is 0 Å². The Morgan fingerprint density at radius 3 is 2.74 bits per heavy atom. The van der Waals surface area contributed by atoms with E-state index in [1.54, 1.807) is 0 Å². The third kappa shape index (κ3) is 2.39. The molecule has 1 aliphatic heterocycles. The molecule has 0 aliphatic carbocycles. The molecule has 1 aliphatic rings. The lowest BCUT2D eigenvalue weighted by Gasteiger charge is -2.22. The van der Waals surface area contributed by atoms with E-state index in [2.05, 4.69) is 42.9 Å². The second-order valence-corrected chi connectivity index (χ2v) is 5.93. The van der Waals surface area contributed by atoms with Crippen LogP contribution in [-0.4, -0.2) is 22.6 Å². The highest BCUT2D eigenvalue weighted by molar-refractivity contribution is 5.80. The van der Waals surface area contributed by atoms with Gasteiger partial charge in [0.25, 0.3) is 0 Å². The van der Waals surface area contributed by atoms with Crippen LogP contribution in [0.5, 0.6) is 0 Å². The summed E-state index contributed by atoms with van der Waals surface area (Å²) >= 11 is 0. The van der Waals surface area contributed by atoms with E-state index in [0.29, 0.717) is 0 Å². The first-order chi connectivity index (χ1) is 9.15. The summed E-state index contributed by atoms with van der Waals surface area (Å²) in [4.78, 5) is 4.87. The molecular formula is C16H23N3. The number of nitrogens with zero attached hydrogens (tertiary/aromatic N) is 2. The lowest BCUT2D eigenvalue weighted by molar-refractivity contribution is 0.365. The molecule has 1 aromatic carbocycles. The molecular weight excluding hydrogens is 234 g/mol. The van der Waals surface area contributed by atoms with Crippen molar-refractivity contribution in [2.45, 2.75) is 33.1 Å². The number of hydrogen-bond donors (Lipinski definition) is 1. The molecule has 0 unspecified atom stereocenters. The number of hydrogen-bond acceptors (Lipinski definition) is 2. The topological polar surface area (TPSA) is 29.9 Å². The zero-order chi connectivity index (χ0) is 13.4. The Bertz CT molecular complexity index is 592. The molecule has 1 saturated heterocycles. The van der Waals surface area contributed by atoms with Crippen LogP contribution in [0.25, 0.3) is 11.0 Å². The maximum Gasteiger partial charge on any atom is 0.109 e. The highest BCUT2D eigenvalue weighted by atomic mass is 15.1. The van der Waals surface area contributed by atoms with E-state index in [-0.39, 0.29) is 0 Å². The maximum absolute atomic E-state index is 4.87. The Morgan fingerprint density at radius 1 is 1.26 bits per heavy atom. The maximum atomic E-state index is 4.87. The normalized spacial score (nSPS) is 17.2. The van der Waals surface area contributed by atoms with Gasteiger partial charge in [-0.1, -0.05) is 6.07 Å². The number of fused-ring (bicyclic) bond motifs is 1. The molecule has 19 heavy (non-hydrogen) atoms. The van der Waals surface area contributed by atoms with Gasteiger partial charge >= 0.3 is 0 Å². The zero-order valence-electron chi connectivity index (χ0n) is 12.2. The van der Waals surface area contributed by atoms with E-state index in [4.69, 9.17) is 4.98 Å². The van der Waals surface area contributed by atoms with Gasteiger partial charge in [0, 0.05) is 13.5 Å². The third-order valence-electron chi connectivity index (χ3n) is 4.33. The van der Waals surface area contributed by atoms with Gasteiger partial charge in [0.05, 0.1) is 11.0 Å². The number of imidazole rings is 1. The van der Waals surface area contributed by atoms with Crippen LogP contribution in [0.3, 0.4) is 0 Å². The van der Waals surface area contributed by atoms with Gasteiger partial charge in [-0.3, -0.25) is 0 Å². The fourth-order valence-corrected chi connectivity index (χ4v) is 3.33. The monoisotopic (exact) mass is 257 g/mol. The summed E-state index contributed by atoms with van der Waals surface area (Å²) in [5.41, 5.74) is 5.09. The molecule has 0 amide bonds. The van der Waals surface area contributed by atoms with Crippen LogP contribution >= 0.6 is 0 Å². The van der Waals surface area contributed by atoms with E-state index in [1.807, 2.05) is 0 Å². The number of piperidine rings is 1. The predicted molar refractivity (Wildman–Crippen MR) is 79.5 cm³/mol. The first kappa shape index (κ1) is 12.7. The standard InChI is InChI=1S/C16H23N3/c1-11-8-12(2)16-14(9-11)18-15(19(16)3)10-13-4-6-17-7-5-13/h8-9,13,17H,4-7,10H2,1-3H3. The second kappa shape index (κ2) is 4.97. The van der Waals surface area contributed by atoms with Crippen molar-refractivity contribution in [2.24, 2.45) is 13.0 Å². The minimum atomic E-state index is 0.790. The first-order valence-corrected chi connectivity index (χ1v) is 7.28.